The van der Waals surface area contributed by atoms with Crippen molar-refractivity contribution in [2.75, 3.05) is 26.2 Å². The zero-order valence-electron chi connectivity index (χ0n) is 15.3. The summed E-state index contributed by atoms with van der Waals surface area (Å²) < 4.78 is 1.58. The van der Waals surface area contributed by atoms with Crippen LogP contribution in [0.2, 0.25) is 5.02 Å². The molecule has 7 nitrogen and oxygen atoms in total. The van der Waals surface area contributed by atoms with Crippen LogP contribution in [-0.2, 0) is 19.0 Å². The molecular weight excluding hydrogens is 352 g/mol. The minimum atomic E-state index is -0.0782. The van der Waals surface area contributed by atoms with Crippen molar-refractivity contribution in [2.45, 2.75) is 38.1 Å². The Bertz CT molecular complexity index is 804. The van der Waals surface area contributed by atoms with Crippen LogP contribution in [0.4, 0.5) is 0 Å². The molecule has 0 unspecified atom stereocenters. The molecule has 2 aromatic rings. The molecule has 0 atom stereocenters. The van der Waals surface area contributed by atoms with Crippen molar-refractivity contribution in [3.05, 3.63) is 34.6 Å². The van der Waals surface area contributed by atoms with Gasteiger partial charge in [0, 0.05) is 45.0 Å². The maximum absolute atomic E-state index is 12.8. The monoisotopic (exact) mass is 376 g/mol. The van der Waals surface area contributed by atoms with Gasteiger partial charge in [0.2, 0.25) is 0 Å². The van der Waals surface area contributed by atoms with Crippen LogP contribution in [0.15, 0.2) is 12.5 Å². The van der Waals surface area contributed by atoms with E-state index in [1.54, 1.807) is 17.9 Å². The molecule has 1 fully saturated rings. The van der Waals surface area contributed by atoms with Gasteiger partial charge in [-0.1, -0.05) is 18.5 Å². The Morgan fingerprint density at radius 3 is 2.77 bits per heavy atom. The van der Waals surface area contributed by atoms with Gasteiger partial charge >= 0.3 is 0 Å². The zero-order chi connectivity index (χ0) is 18.3. The number of aromatic nitrogens is 4. The van der Waals surface area contributed by atoms with Crippen LogP contribution in [-0.4, -0.2) is 61.6 Å². The molecule has 0 radical (unpaired) electrons. The van der Waals surface area contributed by atoms with Gasteiger partial charge in [-0.2, -0.15) is 5.10 Å². The summed E-state index contributed by atoms with van der Waals surface area (Å²) in [7, 11) is 1.78. The fourth-order valence-electron chi connectivity index (χ4n) is 4.51. The number of rotatable bonds is 3. The highest BCUT2D eigenvalue weighted by molar-refractivity contribution is 6.33. The number of carbonyl (C=O) groups is 1. The second-order valence-electron chi connectivity index (χ2n) is 7.29. The van der Waals surface area contributed by atoms with Gasteiger partial charge in [-0.15, -0.1) is 0 Å². The maximum Gasteiger partial charge on any atom is 0.275 e. The number of halogens is 1. The maximum atomic E-state index is 12.8. The fourth-order valence-corrected chi connectivity index (χ4v) is 4.77. The van der Waals surface area contributed by atoms with Crippen LogP contribution in [0.5, 0.6) is 0 Å². The molecule has 140 valence electrons. The first-order chi connectivity index (χ1) is 12.5. The first-order valence-corrected chi connectivity index (χ1v) is 9.69. The van der Waals surface area contributed by atoms with Crippen LogP contribution >= 0.6 is 11.6 Å². The van der Waals surface area contributed by atoms with Crippen molar-refractivity contribution in [1.29, 1.82) is 0 Å². The lowest BCUT2D eigenvalue weighted by Gasteiger charge is -2.50. The van der Waals surface area contributed by atoms with E-state index < -0.39 is 0 Å². The van der Waals surface area contributed by atoms with E-state index in [-0.39, 0.29) is 11.4 Å². The number of imidazole rings is 1. The Morgan fingerprint density at radius 1 is 1.35 bits per heavy atom. The Kier molecular flexibility index (Phi) is 4.52. The molecule has 0 aromatic carbocycles. The van der Waals surface area contributed by atoms with E-state index >= 15 is 0 Å². The Labute approximate surface area is 158 Å². The fraction of sp³-hybridized carbons (Fsp3) is 0.611. The molecule has 0 bridgehead atoms. The number of aromatic amines is 1. The smallest absolute Gasteiger partial charge is 0.275 e. The number of hydrogen-bond acceptors (Lipinski definition) is 4. The number of hydrogen-bond donors (Lipinski definition) is 1. The highest BCUT2D eigenvalue weighted by Crippen LogP contribution is 2.42. The summed E-state index contributed by atoms with van der Waals surface area (Å²) in [5, 5.41) is 4.64. The number of carbonyl (C=O) groups excluding carboxylic acids is 1. The van der Waals surface area contributed by atoms with Gasteiger partial charge in [-0.3, -0.25) is 14.4 Å². The van der Waals surface area contributed by atoms with Crippen LogP contribution < -0.4 is 0 Å². The predicted molar refractivity (Wildman–Crippen MR) is 99.2 cm³/mol. The molecule has 1 amide bonds. The first kappa shape index (κ1) is 17.5. The third-order valence-electron chi connectivity index (χ3n) is 5.75. The van der Waals surface area contributed by atoms with Gasteiger partial charge in [0.1, 0.15) is 0 Å². The number of nitrogens with one attached hydrogen (secondary N) is 1. The number of aryl methyl sites for hydroxylation is 1. The standard InChI is InChI=1S/C18H25ClN6O/c1-3-7-25-8-4-14-16(21-12-20-14)18(25)5-9-24(10-6-18)17(26)15-13(19)11-23(2)22-15/h11-12H,3-10H2,1-2H3,(H,20,21). The van der Waals surface area contributed by atoms with Gasteiger partial charge in [0.05, 0.1) is 22.6 Å². The third kappa shape index (κ3) is 2.74. The summed E-state index contributed by atoms with van der Waals surface area (Å²) in [6.07, 6.45) is 7.40. The number of likely N-dealkylation sites (tertiary alicyclic amines) is 1. The first-order valence-electron chi connectivity index (χ1n) is 9.31. The van der Waals surface area contributed by atoms with Crippen molar-refractivity contribution in [3.8, 4) is 0 Å². The highest BCUT2D eigenvalue weighted by Gasteiger charge is 2.47. The molecule has 2 aromatic heterocycles. The Morgan fingerprint density at radius 2 is 2.12 bits per heavy atom. The van der Waals surface area contributed by atoms with E-state index in [0.717, 1.165) is 38.8 Å². The van der Waals surface area contributed by atoms with Crippen LogP contribution in [0, 0.1) is 0 Å². The van der Waals surface area contributed by atoms with E-state index in [0.29, 0.717) is 23.8 Å². The lowest BCUT2D eigenvalue weighted by Crippen LogP contribution is -2.57. The van der Waals surface area contributed by atoms with E-state index in [1.165, 1.54) is 11.4 Å². The molecular formula is C18H25ClN6O. The average Bonchev–Trinajstić information content (AvgIpc) is 3.24. The van der Waals surface area contributed by atoms with Crippen LogP contribution in [0.25, 0.3) is 0 Å². The summed E-state index contributed by atoms with van der Waals surface area (Å²) in [5.74, 6) is -0.0782. The van der Waals surface area contributed by atoms with Gasteiger partial charge in [-0.25, -0.2) is 4.98 Å². The quantitative estimate of drug-likeness (QED) is 0.891. The zero-order valence-corrected chi connectivity index (χ0v) is 16.1. The number of amides is 1. The van der Waals surface area contributed by atoms with Gasteiger partial charge in [-0.05, 0) is 25.8 Å². The van der Waals surface area contributed by atoms with Crippen molar-refractivity contribution >= 4 is 17.5 Å². The molecule has 4 heterocycles. The number of H-pyrrole nitrogens is 1. The third-order valence-corrected chi connectivity index (χ3v) is 6.03. The largest absolute Gasteiger partial charge is 0.348 e. The molecule has 1 N–H and O–H groups in total. The van der Waals surface area contributed by atoms with Crippen molar-refractivity contribution < 1.29 is 4.79 Å². The minimum Gasteiger partial charge on any atom is -0.348 e. The molecule has 8 heteroatoms. The highest BCUT2D eigenvalue weighted by atomic mass is 35.5. The average molecular weight is 377 g/mol. The molecule has 26 heavy (non-hydrogen) atoms. The second-order valence-corrected chi connectivity index (χ2v) is 7.70. The summed E-state index contributed by atoms with van der Waals surface area (Å²) in [6.45, 7) is 5.71. The lowest BCUT2D eigenvalue weighted by molar-refractivity contribution is 0.00688. The topological polar surface area (TPSA) is 70.1 Å². The van der Waals surface area contributed by atoms with Crippen LogP contribution in [0.1, 0.15) is 48.1 Å². The molecule has 4 rings (SSSR count). The Hall–Kier alpha value is -1.86. The van der Waals surface area contributed by atoms with Crippen molar-refractivity contribution in [2.24, 2.45) is 7.05 Å². The molecule has 2 aliphatic heterocycles. The van der Waals surface area contributed by atoms with Crippen molar-refractivity contribution in [3.63, 3.8) is 0 Å². The summed E-state index contributed by atoms with van der Waals surface area (Å²) >= 11 is 6.16. The number of fused-ring (bicyclic) bond motifs is 2. The summed E-state index contributed by atoms with van der Waals surface area (Å²) in [4.78, 5) is 25.3. The second kappa shape index (κ2) is 6.70. The van der Waals surface area contributed by atoms with E-state index in [4.69, 9.17) is 11.6 Å². The molecule has 0 saturated carbocycles. The minimum absolute atomic E-state index is 0.0612. The van der Waals surface area contributed by atoms with Gasteiger partial charge < -0.3 is 9.88 Å². The predicted octanol–water partition coefficient (Wildman–Crippen LogP) is 2.20. The molecule has 2 aliphatic rings. The molecule has 0 aliphatic carbocycles. The SMILES string of the molecule is CCCN1CCc2[nH]cnc2C12CCN(C(=O)c1nn(C)cc1Cl)CC2. The van der Waals surface area contributed by atoms with E-state index in [2.05, 4.69) is 26.9 Å². The van der Waals surface area contributed by atoms with E-state index in [1.807, 2.05) is 11.2 Å². The van der Waals surface area contributed by atoms with Crippen molar-refractivity contribution in [1.82, 2.24) is 29.5 Å². The normalized spacial score (nSPS) is 19.7. The van der Waals surface area contributed by atoms with Crippen LogP contribution in [0.3, 0.4) is 0 Å². The van der Waals surface area contributed by atoms with E-state index in [9.17, 15) is 4.79 Å². The molecule has 1 spiro atoms. The van der Waals surface area contributed by atoms with Gasteiger partial charge in [0.15, 0.2) is 5.69 Å². The summed E-state index contributed by atoms with van der Waals surface area (Å²) in [6, 6.07) is 0. The number of piperidine rings is 1. The van der Waals surface area contributed by atoms with Gasteiger partial charge in [0.25, 0.3) is 5.91 Å². The summed E-state index contributed by atoms with van der Waals surface area (Å²) in [5.41, 5.74) is 2.72. The molecule has 1 saturated heterocycles. The lowest BCUT2D eigenvalue weighted by atomic mass is 9.78. The number of nitrogens with zero attached hydrogens (tertiary/aromatic N) is 5. The Balaban J connectivity index is 1.56.